The van der Waals surface area contributed by atoms with Crippen molar-refractivity contribution < 1.29 is 22.4 Å². The van der Waals surface area contributed by atoms with Gasteiger partial charge in [0, 0.05) is 18.1 Å². The smallest absolute Gasteiger partial charge is 0.244 e. The summed E-state index contributed by atoms with van der Waals surface area (Å²) < 4.78 is 39.6. The number of amides is 2. The topological polar surface area (TPSA) is 86.8 Å². The number of likely N-dealkylation sites (N-methyl/N-ethyl adjacent to an activating group) is 1. The van der Waals surface area contributed by atoms with Crippen molar-refractivity contribution in [1.82, 2.24) is 10.2 Å². The number of hydrogen-bond donors (Lipinski definition) is 1. The van der Waals surface area contributed by atoms with Gasteiger partial charge in [-0.2, -0.15) is 0 Å². The Balaban J connectivity index is 2.47. The monoisotopic (exact) mass is 497 g/mol. The standard InChI is InChI=1S/C23H29ClFN3O4S/c1-5-20(23(30)26-6-2)27(14-17-10-12-18(25)13-11-17)22(29)15-28(33(4,31)32)21-9-7-8-19(24)16(21)3/h7-13,20H,5-6,14-15H2,1-4H3,(H,26,30). The quantitative estimate of drug-likeness (QED) is 0.544. The fourth-order valence-corrected chi connectivity index (χ4v) is 4.53. The lowest BCUT2D eigenvalue weighted by Crippen LogP contribution is -2.52. The van der Waals surface area contributed by atoms with Crippen LogP contribution < -0.4 is 9.62 Å². The molecule has 0 fully saturated rings. The highest BCUT2D eigenvalue weighted by Gasteiger charge is 2.32. The molecule has 2 aromatic carbocycles. The van der Waals surface area contributed by atoms with Gasteiger partial charge < -0.3 is 10.2 Å². The third-order valence-corrected chi connectivity index (χ3v) is 6.73. The van der Waals surface area contributed by atoms with Gasteiger partial charge in [0.1, 0.15) is 18.4 Å². The molecule has 180 valence electrons. The van der Waals surface area contributed by atoms with Crippen molar-refractivity contribution in [2.75, 3.05) is 23.7 Å². The van der Waals surface area contributed by atoms with Crippen LogP contribution in [0, 0.1) is 12.7 Å². The van der Waals surface area contributed by atoms with E-state index in [2.05, 4.69) is 5.32 Å². The predicted octanol–water partition coefficient (Wildman–Crippen LogP) is 3.50. The van der Waals surface area contributed by atoms with Crippen LogP contribution in [0.5, 0.6) is 0 Å². The van der Waals surface area contributed by atoms with Crippen molar-refractivity contribution in [3.8, 4) is 0 Å². The van der Waals surface area contributed by atoms with Crippen molar-refractivity contribution in [1.29, 1.82) is 0 Å². The van der Waals surface area contributed by atoms with Crippen LogP contribution in [0.2, 0.25) is 5.02 Å². The maximum atomic E-state index is 13.5. The normalized spacial score (nSPS) is 12.2. The molecule has 0 aliphatic heterocycles. The average Bonchev–Trinajstić information content (AvgIpc) is 2.75. The van der Waals surface area contributed by atoms with Gasteiger partial charge in [-0.3, -0.25) is 13.9 Å². The van der Waals surface area contributed by atoms with Crippen LogP contribution in [0.1, 0.15) is 31.4 Å². The molecule has 0 aromatic heterocycles. The Labute approximate surface area is 199 Å². The van der Waals surface area contributed by atoms with Gasteiger partial charge in [-0.1, -0.05) is 36.7 Å². The van der Waals surface area contributed by atoms with E-state index < -0.39 is 34.3 Å². The zero-order valence-corrected chi connectivity index (χ0v) is 20.7. The molecule has 0 bridgehead atoms. The van der Waals surface area contributed by atoms with Gasteiger partial charge in [0.05, 0.1) is 11.9 Å². The van der Waals surface area contributed by atoms with Crippen molar-refractivity contribution in [2.24, 2.45) is 0 Å². The van der Waals surface area contributed by atoms with Crippen LogP contribution in [0.25, 0.3) is 0 Å². The van der Waals surface area contributed by atoms with E-state index in [1.807, 2.05) is 0 Å². The summed E-state index contributed by atoms with van der Waals surface area (Å²) in [5.74, 6) is -1.34. The fourth-order valence-electron chi connectivity index (χ4n) is 3.46. The molecular formula is C23H29ClFN3O4S. The molecule has 2 aromatic rings. The van der Waals surface area contributed by atoms with Crippen LogP contribution in [0.15, 0.2) is 42.5 Å². The van der Waals surface area contributed by atoms with Gasteiger partial charge in [0.15, 0.2) is 0 Å². The van der Waals surface area contributed by atoms with Crippen LogP contribution in [0.3, 0.4) is 0 Å². The molecule has 1 atom stereocenters. The maximum absolute atomic E-state index is 13.5. The van der Waals surface area contributed by atoms with Gasteiger partial charge in [0.2, 0.25) is 21.8 Å². The highest BCUT2D eigenvalue weighted by Crippen LogP contribution is 2.28. The Morgan fingerprint density at radius 1 is 1.12 bits per heavy atom. The Bertz CT molecular complexity index is 1090. The second-order valence-corrected chi connectivity index (χ2v) is 9.93. The van der Waals surface area contributed by atoms with E-state index in [4.69, 9.17) is 11.6 Å². The molecule has 2 rings (SSSR count). The molecule has 0 saturated carbocycles. The van der Waals surface area contributed by atoms with E-state index in [0.29, 0.717) is 29.1 Å². The van der Waals surface area contributed by atoms with E-state index in [0.717, 1.165) is 10.6 Å². The zero-order valence-electron chi connectivity index (χ0n) is 19.1. The van der Waals surface area contributed by atoms with Gasteiger partial charge in [0.25, 0.3) is 0 Å². The number of nitrogens with one attached hydrogen (secondary N) is 1. The van der Waals surface area contributed by atoms with Crippen LogP contribution in [0.4, 0.5) is 10.1 Å². The van der Waals surface area contributed by atoms with Crippen molar-refractivity contribution in [2.45, 2.75) is 39.8 Å². The summed E-state index contributed by atoms with van der Waals surface area (Å²) in [7, 11) is -3.85. The highest BCUT2D eigenvalue weighted by atomic mass is 35.5. The summed E-state index contributed by atoms with van der Waals surface area (Å²) in [6.45, 7) is 5.08. The summed E-state index contributed by atoms with van der Waals surface area (Å²) in [5, 5.41) is 3.08. The lowest BCUT2D eigenvalue weighted by Gasteiger charge is -2.33. The fraction of sp³-hybridized carbons (Fsp3) is 0.391. The minimum atomic E-state index is -3.85. The molecule has 7 nitrogen and oxygen atoms in total. The Morgan fingerprint density at radius 2 is 1.76 bits per heavy atom. The summed E-state index contributed by atoms with van der Waals surface area (Å²) in [4.78, 5) is 27.5. The second-order valence-electron chi connectivity index (χ2n) is 7.62. The number of anilines is 1. The maximum Gasteiger partial charge on any atom is 0.244 e. The van der Waals surface area contributed by atoms with Crippen LogP contribution in [-0.2, 0) is 26.2 Å². The van der Waals surface area contributed by atoms with E-state index in [-0.39, 0.29) is 18.1 Å². The number of carbonyl (C=O) groups is 2. The number of hydrogen-bond acceptors (Lipinski definition) is 4. The lowest BCUT2D eigenvalue weighted by atomic mass is 10.1. The van der Waals surface area contributed by atoms with Gasteiger partial charge in [-0.05, 0) is 55.7 Å². The molecule has 0 aliphatic rings. The number of benzene rings is 2. The first kappa shape index (κ1) is 26.6. The molecule has 1 N–H and O–H groups in total. The summed E-state index contributed by atoms with van der Waals surface area (Å²) in [6.07, 6.45) is 1.32. The first-order chi connectivity index (χ1) is 15.5. The first-order valence-electron chi connectivity index (χ1n) is 10.5. The highest BCUT2D eigenvalue weighted by molar-refractivity contribution is 7.92. The molecule has 33 heavy (non-hydrogen) atoms. The summed E-state index contributed by atoms with van der Waals surface area (Å²) in [6, 6.07) is 9.56. The first-order valence-corrected chi connectivity index (χ1v) is 12.8. The Morgan fingerprint density at radius 3 is 2.30 bits per heavy atom. The van der Waals surface area contributed by atoms with Crippen LogP contribution in [-0.4, -0.2) is 50.5 Å². The number of nitrogens with zero attached hydrogens (tertiary/aromatic N) is 2. The minimum Gasteiger partial charge on any atom is -0.355 e. The Hall–Kier alpha value is -2.65. The second kappa shape index (κ2) is 11.5. The van der Waals surface area contributed by atoms with Gasteiger partial charge >= 0.3 is 0 Å². The lowest BCUT2D eigenvalue weighted by molar-refractivity contribution is -0.140. The summed E-state index contributed by atoms with van der Waals surface area (Å²) >= 11 is 6.18. The van der Waals surface area contributed by atoms with Crippen molar-refractivity contribution in [3.05, 3.63) is 64.4 Å². The molecule has 0 spiro atoms. The number of carbonyl (C=O) groups excluding carboxylic acids is 2. The molecule has 0 radical (unpaired) electrons. The van der Waals surface area contributed by atoms with Crippen molar-refractivity contribution in [3.63, 3.8) is 0 Å². The van der Waals surface area contributed by atoms with E-state index in [1.54, 1.807) is 39.0 Å². The van der Waals surface area contributed by atoms with Crippen LogP contribution >= 0.6 is 11.6 Å². The molecule has 0 saturated heterocycles. The predicted molar refractivity (Wildman–Crippen MR) is 128 cm³/mol. The Kier molecular flexibility index (Phi) is 9.25. The molecule has 1 unspecified atom stereocenters. The van der Waals surface area contributed by atoms with E-state index in [9.17, 15) is 22.4 Å². The van der Waals surface area contributed by atoms with E-state index >= 15 is 0 Å². The summed E-state index contributed by atoms with van der Waals surface area (Å²) in [5.41, 5.74) is 1.40. The van der Waals surface area contributed by atoms with Crippen molar-refractivity contribution >= 4 is 39.1 Å². The molecule has 0 heterocycles. The van der Waals surface area contributed by atoms with Gasteiger partial charge in [-0.25, -0.2) is 12.8 Å². The molecule has 0 aliphatic carbocycles. The number of rotatable bonds is 10. The minimum absolute atomic E-state index is 0.0148. The molecule has 10 heteroatoms. The third-order valence-electron chi connectivity index (χ3n) is 5.19. The molecule has 2 amide bonds. The largest absolute Gasteiger partial charge is 0.355 e. The molecular weight excluding hydrogens is 469 g/mol. The third kappa shape index (κ3) is 6.91. The zero-order chi connectivity index (χ0) is 24.8. The SMILES string of the molecule is CCNC(=O)C(CC)N(Cc1ccc(F)cc1)C(=O)CN(c1cccc(Cl)c1C)S(C)(=O)=O. The van der Waals surface area contributed by atoms with Gasteiger partial charge in [-0.15, -0.1) is 0 Å². The number of halogens is 2. The number of sulfonamides is 1. The average molecular weight is 498 g/mol. The van der Waals surface area contributed by atoms with E-state index in [1.165, 1.54) is 29.2 Å².